The number of aromatic nitrogens is 1. The molecule has 196 valence electrons. The van der Waals surface area contributed by atoms with E-state index in [1.807, 2.05) is 0 Å². The Kier molecular flexibility index (Phi) is 9.04. The van der Waals surface area contributed by atoms with Crippen molar-refractivity contribution in [1.29, 1.82) is 0 Å². The molecule has 0 spiro atoms. The zero-order valence-corrected chi connectivity index (χ0v) is 21.7. The summed E-state index contributed by atoms with van der Waals surface area (Å²) in [6, 6.07) is 10.4. The summed E-state index contributed by atoms with van der Waals surface area (Å²) in [5.74, 6) is -0.496. The standard InChI is InChI=1S/C26H27Cl2FN4O4/c1-16(23-21(27)6-7-22(29)24(23)28)31-18-14-20(25(34)30-15-18)26(35)32-17-2-4-19(5-3-17)37-13-10-33-8-11-36-12-9-33/h2-7,14-16,31H,8-13H2,1H3,(H,30,34)(H,32,35)/t16-/m1/s1. The first kappa shape index (κ1) is 26.9. The number of H-pyrrole nitrogens is 1. The minimum Gasteiger partial charge on any atom is -0.492 e. The number of nitrogens with one attached hydrogen (secondary N) is 3. The van der Waals surface area contributed by atoms with Crippen molar-refractivity contribution in [3.63, 3.8) is 0 Å². The van der Waals surface area contributed by atoms with E-state index in [9.17, 15) is 14.0 Å². The number of halogens is 3. The topological polar surface area (TPSA) is 95.7 Å². The maximum Gasteiger partial charge on any atom is 0.261 e. The third-order valence-corrected chi connectivity index (χ3v) is 6.65. The van der Waals surface area contributed by atoms with E-state index in [1.165, 1.54) is 24.4 Å². The Morgan fingerprint density at radius 3 is 2.62 bits per heavy atom. The van der Waals surface area contributed by atoms with Gasteiger partial charge in [-0.1, -0.05) is 23.2 Å². The SMILES string of the molecule is C[C@@H](Nc1c[nH]c(=O)c(C(=O)Nc2ccc(OCCN3CCOCC3)cc2)c1)c1c(Cl)ccc(F)c1Cl. The fourth-order valence-corrected chi connectivity index (χ4v) is 4.65. The van der Waals surface area contributed by atoms with Gasteiger partial charge in [0.05, 0.1) is 30.0 Å². The van der Waals surface area contributed by atoms with Crippen LogP contribution in [0.25, 0.3) is 0 Å². The molecule has 0 saturated carbocycles. The van der Waals surface area contributed by atoms with Crippen LogP contribution in [0.2, 0.25) is 10.0 Å². The molecule has 2 heterocycles. The van der Waals surface area contributed by atoms with Crippen molar-refractivity contribution in [3.05, 3.63) is 86.0 Å². The van der Waals surface area contributed by atoms with Crippen LogP contribution < -0.4 is 20.9 Å². The molecular weight excluding hydrogens is 522 g/mol. The van der Waals surface area contributed by atoms with Crippen molar-refractivity contribution in [2.24, 2.45) is 0 Å². The number of morpholine rings is 1. The van der Waals surface area contributed by atoms with Gasteiger partial charge in [-0.3, -0.25) is 14.5 Å². The van der Waals surface area contributed by atoms with Gasteiger partial charge in [0.15, 0.2) is 0 Å². The number of aromatic amines is 1. The minimum absolute atomic E-state index is 0.0941. The van der Waals surface area contributed by atoms with Crippen LogP contribution in [-0.4, -0.2) is 55.2 Å². The molecule has 0 radical (unpaired) electrons. The molecule has 4 rings (SSSR count). The average Bonchev–Trinajstić information content (AvgIpc) is 2.89. The average molecular weight is 549 g/mol. The Morgan fingerprint density at radius 2 is 1.89 bits per heavy atom. The van der Waals surface area contributed by atoms with Crippen LogP contribution >= 0.6 is 23.2 Å². The van der Waals surface area contributed by atoms with Crippen LogP contribution in [0.4, 0.5) is 15.8 Å². The molecule has 1 atom stereocenters. The van der Waals surface area contributed by atoms with Gasteiger partial charge in [-0.25, -0.2) is 4.39 Å². The van der Waals surface area contributed by atoms with Crippen LogP contribution in [0.5, 0.6) is 5.75 Å². The first-order valence-corrected chi connectivity index (χ1v) is 12.5. The number of carbonyl (C=O) groups excluding carboxylic acids is 1. The molecule has 37 heavy (non-hydrogen) atoms. The summed E-state index contributed by atoms with van der Waals surface area (Å²) in [5.41, 5.74) is 0.653. The molecule has 0 bridgehead atoms. The summed E-state index contributed by atoms with van der Waals surface area (Å²) >= 11 is 12.3. The van der Waals surface area contributed by atoms with Crippen LogP contribution in [0.3, 0.4) is 0 Å². The van der Waals surface area contributed by atoms with Gasteiger partial charge in [0.25, 0.3) is 11.5 Å². The van der Waals surface area contributed by atoms with Crippen molar-refractivity contribution in [1.82, 2.24) is 9.88 Å². The number of anilines is 2. The molecule has 1 fully saturated rings. The molecule has 0 aliphatic carbocycles. The normalized spacial score (nSPS) is 14.7. The highest BCUT2D eigenvalue weighted by atomic mass is 35.5. The van der Waals surface area contributed by atoms with E-state index in [0.717, 1.165) is 32.8 Å². The predicted octanol–water partition coefficient (Wildman–Crippen LogP) is 4.96. The molecule has 2 aromatic carbocycles. The molecule has 8 nitrogen and oxygen atoms in total. The summed E-state index contributed by atoms with van der Waals surface area (Å²) in [7, 11) is 0. The van der Waals surface area contributed by atoms with Gasteiger partial charge in [0.2, 0.25) is 0 Å². The predicted molar refractivity (Wildman–Crippen MR) is 143 cm³/mol. The number of hydrogen-bond donors (Lipinski definition) is 3. The Labute approximate surface area is 223 Å². The van der Waals surface area contributed by atoms with Crippen molar-refractivity contribution in [3.8, 4) is 5.75 Å². The molecule has 1 amide bonds. The number of ether oxygens (including phenoxy) is 2. The van der Waals surface area contributed by atoms with Gasteiger partial charge in [-0.2, -0.15) is 0 Å². The van der Waals surface area contributed by atoms with Crippen molar-refractivity contribution >= 4 is 40.5 Å². The molecule has 1 aliphatic rings. The lowest BCUT2D eigenvalue weighted by Crippen LogP contribution is -2.38. The fourth-order valence-electron chi connectivity index (χ4n) is 3.95. The van der Waals surface area contributed by atoms with Crippen LogP contribution in [0.15, 0.2) is 53.5 Å². The summed E-state index contributed by atoms with van der Waals surface area (Å²) in [6.07, 6.45) is 1.42. The van der Waals surface area contributed by atoms with Crippen molar-refractivity contribution < 1.29 is 18.7 Å². The lowest BCUT2D eigenvalue weighted by atomic mass is 10.1. The largest absolute Gasteiger partial charge is 0.492 e. The summed E-state index contributed by atoms with van der Waals surface area (Å²) in [6.45, 7) is 6.37. The van der Waals surface area contributed by atoms with E-state index in [0.29, 0.717) is 34.3 Å². The maximum absolute atomic E-state index is 13.9. The summed E-state index contributed by atoms with van der Waals surface area (Å²) in [5, 5.41) is 6.01. The third-order valence-electron chi connectivity index (χ3n) is 5.94. The van der Waals surface area contributed by atoms with Gasteiger partial charge in [0, 0.05) is 42.1 Å². The van der Waals surface area contributed by atoms with Crippen LogP contribution in [0, 0.1) is 5.82 Å². The van der Waals surface area contributed by atoms with Crippen molar-refractivity contribution in [2.45, 2.75) is 13.0 Å². The number of pyridine rings is 1. The first-order chi connectivity index (χ1) is 17.8. The highest BCUT2D eigenvalue weighted by Gasteiger charge is 2.19. The third kappa shape index (κ3) is 7.01. The summed E-state index contributed by atoms with van der Waals surface area (Å²) in [4.78, 5) is 30.0. The second-order valence-corrected chi connectivity index (χ2v) is 9.32. The quantitative estimate of drug-likeness (QED) is 0.327. The van der Waals surface area contributed by atoms with E-state index >= 15 is 0 Å². The Hall–Kier alpha value is -3.11. The summed E-state index contributed by atoms with van der Waals surface area (Å²) < 4.78 is 25.0. The maximum atomic E-state index is 13.9. The van der Waals surface area contributed by atoms with E-state index in [-0.39, 0.29) is 10.6 Å². The monoisotopic (exact) mass is 548 g/mol. The van der Waals surface area contributed by atoms with Gasteiger partial charge in [-0.05, 0) is 49.4 Å². The van der Waals surface area contributed by atoms with Gasteiger partial charge >= 0.3 is 0 Å². The molecule has 0 unspecified atom stereocenters. The Morgan fingerprint density at radius 1 is 1.16 bits per heavy atom. The van der Waals surface area contributed by atoms with E-state index < -0.39 is 23.3 Å². The van der Waals surface area contributed by atoms with E-state index in [4.69, 9.17) is 32.7 Å². The smallest absolute Gasteiger partial charge is 0.261 e. The number of nitrogens with zero attached hydrogens (tertiary/aromatic N) is 1. The fraction of sp³-hybridized carbons (Fsp3) is 0.308. The highest BCUT2D eigenvalue weighted by molar-refractivity contribution is 6.36. The Balaban J connectivity index is 1.37. The first-order valence-electron chi connectivity index (χ1n) is 11.8. The number of amides is 1. The van der Waals surface area contributed by atoms with E-state index in [1.54, 1.807) is 31.2 Å². The minimum atomic E-state index is -0.593. The number of rotatable bonds is 9. The highest BCUT2D eigenvalue weighted by Crippen LogP contribution is 2.34. The molecule has 1 saturated heterocycles. The second-order valence-electron chi connectivity index (χ2n) is 8.54. The number of hydrogen-bond acceptors (Lipinski definition) is 6. The van der Waals surface area contributed by atoms with Gasteiger partial charge in [0.1, 0.15) is 23.7 Å². The molecule has 1 aliphatic heterocycles. The zero-order valence-electron chi connectivity index (χ0n) is 20.2. The zero-order chi connectivity index (χ0) is 26.4. The molecule has 11 heteroatoms. The van der Waals surface area contributed by atoms with Crippen LogP contribution in [0.1, 0.15) is 28.9 Å². The molecular formula is C26H27Cl2FN4O4. The number of carbonyl (C=O) groups is 1. The van der Waals surface area contributed by atoms with Crippen molar-refractivity contribution in [2.75, 3.05) is 50.1 Å². The van der Waals surface area contributed by atoms with Crippen LogP contribution in [-0.2, 0) is 4.74 Å². The Bertz CT molecular complexity index is 1300. The van der Waals surface area contributed by atoms with E-state index in [2.05, 4.69) is 20.5 Å². The van der Waals surface area contributed by atoms with Gasteiger partial charge < -0.3 is 25.1 Å². The second kappa shape index (κ2) is 12.4. The molecule has 3 N–H and O–H groups in total. The lowest BCUT2D eigenvalue weighted by Gasteiger charge is -2.26. The molecule has 3 aromatic rings. The van der Waals surface area contributed by atoms with Gasteiger partial charge in [-0.15, -0.1) is 0 Å². The number of benzene rings is 2. The molecule has 1 aromatic heterocycles. The lowest BCUT2D eigenvalue weighted by molar-refractivity contribution is 0.0322.